The molecule has 0 saturated carbocycles. The van der Waals surface area contributed by atoms with Crippen molar-refractivity contribution < 1.29 is 9.13 Å². The quantitative estimate of drug-likeness (QED) is 0.878. The Kier molecular flexibility index (Phi) is 3.17. The molecule has 7 heteroatoms. The number of hydrogen-bond donors (Lipinski definition) is 1. The van der Waals surface area contributed by atoms with Crippen molar-refractivity contribution in [3.05, 3.63) is 11.3 Å². The fraction of sp³-hybridized carbons (Fsp3) is 0.727. The lowest BCUT2D eigenvalue weighted by molar-refractivity contribution is -0.0847. The van der Waals surface area contributed by atoms with Gasteiger partial charge < -0.3 is 10.5 Å². The Labute approximate surface area is 110 Å². The van der Waals surface area contributed by atoms with Crippen molar-refractivity contribution in [2.75, 3.05) is 32.0 Å². The monoisotopic (exact) mass is 274 g/mol. The molecule has 1 aromatic rings. The number of hydrogen-bond acceptors (Lipinski definition) is 4. The van der Waals surface area contributed by atoms with Gasteiger partial charge in [-0.2, -0.15) is 5.10 Å². The van der Waals surface area contributed by atoms with Crippen LogP contribution in [-0.2, 0) is 4.74 Å². The van der Waals surface area contributed by atoms with Crippen LogP contribution in [0.25, 0.3) is 0 Å². The van der Waals surface area contributed by atoms with Gasteiger partial charge in [-0.3, -0.25) is 4.90 Å². The molecule has 2 aliphatic heterocycles. The van der Waals surface area contributed by atoms with Crippen molar-refractivity contribution in [2.45, 2.75) is 24.7 Å². The van der Waals surface area contributed by atoms with Crippen LogP contribution in [0, 0.1) is 0 Å². The molecule has 2 atom stereocenters. The smallest absolute Gasteiger partial charge is 0.150 e. The van der Waals surface area contributed by atoms with Crippen molar-refractivity contribution in [3.63, 3.8) is 0 Å². The predicted molar refractivity (Wildman–Crippen MR) is 66.4 cm³/mol. The van der Waals surface area contributed by atoms with Crippen LogP contribution >= 0.6 is 11.6 Å². The van der Waals surface area contributed by atoms with Crippen molar-refractivity contribution >= 4 is 17.3 Å². The molecule has 0 amide bonds. The lowest BCUT2D eigenvalue weighted by atomic mass is 10.0. The number of piperidine rings is 1. The van der Waals surface area contributed by atoms with Gasteiger partial charge in [-0.15, -0.1) is 0 Å². The Bertz CT molecular complexity index is 437. The van der Waals surface area contributed by atoms with Crippen LogP contribution < -0.4 is 5.73 Å². The number of halogens is 2. The number of nitrogens with zero attached hydrogens (tertiary/aromatic N) is 3. The molecule has 3 heterocycles. The molecule has 0 spiro atoms. The van der Waals surface area contributed by atoms with Crippen LogP contribution in [0.2, 0.25) is 5.15 Å². The van der Waals surface area contributed by atoms with Gasteiger partial charge >= 0.3 is 0 Å². The highest BCUT2D eigenvalue weighted by Crippen LogP contribution is 2.31. The van der Waals surface area contributed by atoms with Crippen molar-refractivity contribution in [3.8, 4) is 0 Å². The lowest BCUT2D eigenvalue weighted by Gasteiger charge is -2.42. The summed E-state index contributed by atoms with van der Waals surface area (Å²) in [5, 5.41) is 4.41. The zero-order valence-electron chi connectivity index (χ0n) is 9.93. The average Bonchev–Trinajstić information content (AvgIpc) is 2.58. The van der Waals surface area contributed by atoms with Crippen LogP contribution in [0.15, 0.2) is 6.20 Å². The Morgan fingerprint density at radius 2 is 2.28 bits per heavy atom. The maximum absolute atomic E-state index is 14.3. The van der Waals surface area contributed by atoms with E-state index in [2.05, 4.69) is 10.00 Å². The summed E-state index contributed by atoms with van der Waals surface area (Å²) in [7, 11) is 0. The molecular weight excluding hydrogens is 259 g/mol. The van der Waals surface area contributed by atoms with Crippen LogP contribution in [0.3, 0.4) is 0 Å². The minimum atomic E-state index is -0.976. The Hall–Kier alpha value is -0.850. The number of anilines is 1. The molecule has 2 saturated heterocycles. The van der Waals surface area contributed by atoms with Gasteiger partial charge in [0.25, 0.3) is 0 Å². The average molecular weight is 275 g/mol. The summed E-state index contributed by atoms with van der Waals surface area (Å²) in [5.74, 6) is 0. The molecule has 5 nitrogen and oxygen atoms in total. The molecule has 0 bridgehead atoms. The molecule has 3 rings (SSSR count). The maximum atomic E-state index is 14.3. The fourth-order valence-electron chi connectivity index (χ4n) is 2.55. The number of alkyl halides is 1. The second-order valence-electron chi connectivity index (χ2n) is 4.89. The molecule has 1 aromatic heterocycles. The Morgan fingerprint density at radius 1 is 1.50 bits per heavy atom. The van der Waals surface area contributed by atoms with Crippen molar-refractivity contribution in [2.24, 2.45) is 0 Å². The van der Waals surface area contributed by atoms with E-state index in [1.807, 2.05) is 0 Å². The van der Waals surface area contributed by atoms with Crippen LogP contribution in [0.1, 0.15) is 12.5 Å². The first-order chi connectivity index (χ1) is 8.66. The highest BCUT2D eigenvalue weighted by Gasteiger charge is 2.37. The van der Waals surface area contributed by atoms with E-state index in [4.69, 9.17) is 22.1 Å². The molecule has 2 fully saturated rings. The number of aromatic nitrogens is 2. The summed E-state index contributed by atoms with van der Waals surface area (Å²) in [4.78, 5) is 2.14. The fourth-order valence-corrected chi connectivity index (χ4v) is 2.77. The van der Waals surface area contributed by atoms with Gasteiger partial charge in [0.2, 0.25) is 0 Å². The second kappa shape index (κ2) is 4.68. The van der Waals surface area contributed by atoms with E-state index < -0.39 is 6.17 Å². The van der Waals surface area contributed by atoms with E-state index in [9.17, 15) is 4.39 Å². The largest absolute Gasteiger partial charge is 0.395 e. The summed E-state index contributed by atoms with van der Waals surface area (Å²) >= 11 is 6.02. The third-order valence-electron chi connectivity index (χ3n) is 3.75. The second-order valence-corrected chi connectivity index (χ2v) is 5.25. The van der Waals surface area contributed by atoms with Crippen molar-refractivity contribution in [1.82, 2.24) is 14.7 Å². The first-order valence-electron chi connectivity index (χ1n) is 6.11. The summed E-state index contributed by atoms with van der Waals surface area (Å²) in [6.45, 7) is 2.68. The molecule has 2 N–H and O–H groups in total. The van der Waals surface area contributed by atoms with E-state index >= 15 is 0 Å². The molecule has 100 valence electrons. The zero-order valence-corrected chi connectivity index (χ0v) is 10.7. The molecule has 0 aliphatic carbocycles. The van der Waals surface area contributed by atoms with Crippen LogP contribution in [0.4, 0.5) is 10.1 Å². The van der Waals surface area contributed by atoms with Gasteiger partial charge in [0.05, 0.1) is 37.2 Å². The Morgan fingerprint density at radius 3 is 2.78 bits per heavy atom. The van der Waals surface area contributed by atoms with E-state index in [1.165, 1.54) is 10.9 Å². The minimum absolute atomic E-state index is 0.313. The summed E-state index contributed by atoms with van der Waals surface area (Å²) < 4.78 is 20.9. The lowest BCUT2D eigenvalue weighted by Crippen LogP contribution is -2.55. The van der Waals surface area contributed by atoms with E-state index in [-0.39, 0.29) is 6.04 Å². The maximum Gasteiger partial charge on any atom is 0.150 e. The number of nitrogens with two attached hydrogens (primary N) is 1. The molecule has 2 aliphatic rings. The van der Waals surface area contributed by atoms with E-state index in [1.54, 1.807) is 0 Å². The first-order valence-corrected chi connectivity index (χ1v) is 6.49. The van der Waals surface area contributed by atoms with Gasteiger partial charge in [0.15, 0.2) is 0 Å². The minimum Gasteiger partial charge on any atom is -0.395 e. The zero-order chi connectivity index (χ0) is 12.7. The summed E-state index contributed by atoms with van der Waals surface area (Å²) in [6, 6.07) is 0.0643. The number of nitrogen functional groups attached to an aromatic ring is 1. The normalized spacial score (nSPS) is 30.3. The SMILES string of the molecule is Nc1cnn(C2CCN(C3COC3)CC2F)c1Cl. The predicted octanol–water partition coefficient (Wildman–Crippen LogP) is 1.10. The molecule has 2 unspecified atom stereocenters. The van der Waals surface area contributed by atoms with Gasteiger partial charge in [-0.05, 0) is 6.42 Å². The van der Waals surface area contributed by atoms with Crippen molar-refractivity contribution in [1.29, 1.82) is 0 Å². The first kappa shape index (κ1) is 12.2. The molecule has 18 heavy (non-hydrogen) atoms. The Balaban J connectivity index is 1.70. The van der Waals surface area contributed by atoms with E-state index in [0.717, 1.165) is 6.54 Å². The molecule has 0 radical (unpaired) electrons. The number of rotatable bonds is 2. The summed E-state index contributed by atoms with van der Waals surface area (Å²) in [5.41, 5.74) is 6.04. The highest BCUT2D eigenvalue weighted by atomic mass is 35.5. The molecule has 0 aromatic carbocycles. The van der Waals surface area contributed by atoms with E-state index in [0.29, 0.717) is 43.1 Å². The molecular formula is C11H16ClFN4O. The van der Waals surface area contributed by atoms with Gasteiger partial charge in [0, 0.05) is 13.1 Å². The third-order valence-corrected chi connectivity index (χ3v) is 4.14. The number of ether oxygens (including phenoxy) is 1. The standard InChI is InChI=1S/C11H16ClFN4O/c12-11-9(14)3-15-17(11)10-1-2-16(4-8(10)13)7-5-18-6-7/h3,7-8,10H,1-2,4-6,14H2. The number of likely N-dealkylation sites (tertiary alicyclic amines) is 1. The van der Waals surface area contributed by atoms with Gasteiger partial charge in [-0.25, -0.2) is 9.07 Å². The van der Waals surface area contributed by atoms with Crippen LogP contribution in [0.5, 0.6) is 0 Å². The van der Waals surface area contributed by atoms with Crippen LogP contribution in [-0.4, -0.2) is 53.2 Å². The van der Waals surface area contributed by atoms with Gasteiger partial charge in [0.1, 0.15) is 11.3 Å². The summed E-state index contributed by atoms with van der Waals surface area (Å²) in [6.07, 6.45) is 1.19. The third kappa shape index (κ3) is 1.98. The topological polar surface area (TPSA) is 56.3 Å². The van der Waals surface area contributed by atoms with Gasteiger partial charge in [-0.1, -0.05) is 11.6 Å². The highest BCUT2D eigenvalue weighted by molar-refractivity contribution is 6.32.